The van der Waals surface area contributed by atoms with Crippen LogP contribution in [0.1, 0.15) is 57.6 Å². The number of hydrogen-bond donors (Lipinski definition) is 1. The summed E-state index contributed by atoms with van der Waals surface area (Å²) in [6.45, 7) is 5.13. The minimum absolute atomic E-state index is 0.140. The number of rotatable bonds is 6. The second-order valence-corrected chi connectivity index (χ2v) is 6.33. The number of ether oxygens (including phenoxy) is 2. The third-order valence-corrected chi connectivity index (χ3v) is 4.68. The minimum Gasteiger partial charge on any atom is -0.493 e. The highest BCUT2D eigenvalue weighted by Gasteiger charge is 2.42. The summed E-state index contributed by atoms with van der Waals surface area (Å²) in [5.41, 5.74) is 7.46. The molecule has 0 aromatic heterocycles. The second-order valence-electron chi connectivity index (χ2n) is 6.33. The SMILES string of the molecule is CCCOc1ccccc1C(N)C1(OC)CCCC(C)C1. The molecule has 1 aliphatic carbocycles. The molecule has 1 aromatic carbocycles. The smallest absolute Gasteiger partial charge is 0.124 e. The van der Waals surface area contributed by atoms with Crippen LogP contribution in [0.15, 0.2) is 24.3 Å². The second kappa shape index (κ2) is 7.28. The average Bonchev–Trinajstić information content (AvgIpc) is 2.52. The molecule has 1 fully saturated rings. The summed E-state index contributed by atoms with van der Waals surface area (Å²) in [4.78, 5) is 0. The van der Waals surface area contributed by atoms with Gasteiger partial charge in [0.05, 0.1) is 18.2 Å². The Hall–Kier alpha value is -1.06. The molecule has 0 radical (unpaired) electrons. The number of methoxy groups -OCH3 is 1. The fourth-order valence-electron chi connectivity index (χ4n) is 3.50. The van der Waals surface area contributed by atoms with Gasteiger partial charge in [0.25, 0.3) is 0 Å². The summed E-state index contributed by atoms with van der Waals surface area (Å²) in [5, 5.41) is 0. The molecule has 21 heavy (non-hydrogen) atoms. The summed E-state index contributed by atoms with van der Waals surface area (Å²) >= 11 is 0. The van der Waals surface area contributed by atoms with Crippen molar-refractivity contribution in [2.45, 2.75) is 57.6 Å². The Morgan fingerprint density at radius 3 is 2.81 bits per heavy atom. The number of benzene rings is 1. The van der Waals surface area contributed by atoms with Gasteiger partial charge in [-0.05, 0) is 31.2 Å². The van der Waals surface area contributed by atoms with Gasteiger partial charge in [-0.3, -0.25) is 0 Å². The van der Waals surface area contributed by atoms with Gasteiger partial charge in [-0.1, -0.05) is 44.9 Å². The van der Waals surface area contributed by atoms with E-state index in [1.807, 2.05) is 18.2 Å². The molecule has 2 N–H and O–H groups in total. The summed E-state index contributed by atoms with van der Waals surface area (Å²) < 4.78 is 11.8. The van der Waals surface area contributed by atoms with Crippen molar-refractivity contribution in [3.8, 4) is 5.75 Å². The van der Waals surface area contributed by atoms with Gasteiger partial charge in [0.15, 0.2) is 0 Å². The van der Waals surface area contributed by atoms with Crippen molar-refractivity contribution in [2.75, 3.05) is 13.7 Å². The molecule has 3 heteroatoms. The van der Waals surface area contributed by atoms with E-state index in [0.29, 0.717) is 5.92 Å². The highest BCUT2D eigenvalue weighted by Crippen LogP contribution is 2.44. The summed E-state index contributed by atoms with van der Waals surface area (Å²) in [6, 6.07) is 7.99. The number of nitrogens with two attached hydrogens (primary N) is 1. The lowest BCUT2D eigenvalue weighted by atomic mass is 9.73. The van der Waals surface area contributed by atoms with Crippen LogP contribution in [0.25, 0.3) is 0 Å². The molecule has 0 aliphatic heterocycles. The lowest BCUT2D eigenvalue weighted by Gasteiger charge is -2.43. The largest absolute Gasteiger partial charge is 0.493 e. The molecular weight excluding hydrogens is 262 g/mol. The Bertz CT molecular complexity index is 449. The van der Waals surface area contributed by atoms with E-state index in [1.54, 1.807) is 7.11 Å². The molecule has 3 unspecified atom stereocenters. The van der Waals surface area contributed by atoms with Gasteiger partial charge in [0, 0.05) is 12.7 Å². The molecule has 0 bridgehead atoms. The zero-order valence-corrected chi connectivity index (χ0v) is 13.6. The predicted molar refractivity (Wildman–Crippen MR) is 86.5 cm³/mol. The maximum absolute atomic E-state index is 6.65. The average molecular weight is 291 g/mol. The summed E-state index contributed by atoms with van der Waals surface area (Å²) in [7, 11) is 1.80. The van der Waals surface area contributed by atoms with Crippen LogP contribution in [0.4, 0.5) is 0 Å². The van der Waals surface area contributed by atoms with Gasteiger partial charge >= 0.3 is 0 Å². The standard InChI is InChI=1S/C18H29NO2/c1-4-12-21-16-10-6-5-9-15(16)17(19)18(20-3)11-7-8-14(2)13-18/h5-6,9-10,14,17H,4,7-8,11-13,19H2,1-3H3. The molecule has 1 saturated carbocycles. The fraction of sp³-hybridized carbons (Fsp3) is 0.667. The normalized spacial score (nSPS) is 27.3. The van der Waals surface area contributed by atoms with E-state index in [0.717, 1.165) is 37.2 Å². The van der Waals surface area contributed by atoms with Crippen LogP contribution in [-0.2, 0) is 4.74 Å². The highest BCUT2D eigenvalue weighted by molar-refractivity contribution is 5.37. The first-order valence-corrected chi connectivity index (χ1v) is 8.15. The van der Waals surface area contributed by atoms with Crippen LogP contribution in [-0.4, -0.2) is 19.3 Å². The Kier molecular flexibility index (Phi) is 5.65. The van der Waals surface area contributed by atoms with E-state index >= 15 is 0 Å². The van der Waals surface area contributed by atoms with Crippen LogP contribution in [0, 0.1) is 5.92 Å². The van der Waals surface area contributed by atoms with Crippen LogP contribution >= 0.6 is 0 Å². The van der Waals surface area contributed by atoms with Crippen LogP contribution in [0.2, 0.25) is 0 Å². The Morgan fingerprint density at radius 2 is 2.14 bits per heavy atom. The number of hydrogen-bond acceptors (Lipinski definition) is 3. The number of para-hydroxylation sites is 1. The maximum atomic E-state index is 6.65. The van der Waals surface area contributed by atoms with E-state index in [2.05, 4.69) is 19.9 Å². The summed E-state index contributed by atoms with van der Waals surface area (Å²) in [6.07, 6.45) is 5.49. The lowest BCUT2D eigenvalue weighted by molar-refractivity contribution is -0.0722. The van der Waals surface area contributed by atoms with Gasteiger partial charge < -0.3 is 15.2 Å². The third kappa shape index (κ3) is 3.58. The van der Waals surface area contributed by atoms with Gasteiger partial charge in [-0.15, -0.1) is 0 Å². The minimum atomic E-state index is -0.261. The van der Waals surface area contributed by atoms with Gasteiger partial charge in [-0.2, -0.15) is 0 Å². The Labute approximate surface area is 128 Å². The molecule has 3 nitrogen and oxygen atoms in total. The van der Waals surface area contributed by atoms with E-state index in [4.69, 9.17) is 15.2 Å². The maximum Gasteiger partial charge on any atom is 0.124 e. The Balaban J connectivity index is 2.26. The highest BCUT2D eigenvalue weighted by atomic mass is 16.5. The van der Waals surface area contributed by atoms with Crippen molar-refractivity contribution in [1.82, 2.24) is 0 Å². The monoisotopic (exact) mass is 291 g/mol. The molecule has 1 aromatic rings. The van der Waals surface area contributed by atoms with E-state index in [-0.39, 0.29) is 11.6 Å². The van der Waals surface area contributed by atoms with Gasteiger partial charge in [0.1, 0.15) is 5.75 Å². The van der Waals surface area contributed by atoms with E-state index in [9.17, 15) is 0 Å². The van der Waals surface area contributed by atoms with Crippen LogP contribution < -0.4 is 10.5 Å². The van der Waals surface area contributed by atoms with Crippen molar-refractivity contribution in [3.05, 3.63) is 29.8 Å². The molecule has 1 aliphatic rings. The topological polar surface area (TPSA) is 44.5 Å². The molecule has 0 amide bonds. The predicted octanol–water partition coefficient (Wildman–Crippen LogP) is 4.07. The van der Waals surface area contributed by atoms with E-state index < -0.39 is 0 Å². The quantitative estimate of drug-likeness (QED) is 0.859. The zero-order chi connectivity index (χ0) is 15.3. The molecule has 0 saturated heterocycles. The van der Waals surface area contributed by atoms with Crippen molar-refractivity contribution in [1.29, 1.82) is 0 Å². The fourth-order valence-corrected chi connectivity index (χ4v) is 3.50. The van der Waals surface area contributed by atoms with Crippen molar-refractivity contribution >= 4 is 0 Å². The lowest BCUT2D eigenvalue weighted by Crippen LogP contribution is -2.46. The molecule has 2 rings (SSSR count). The van der Waals surface area contributed by atoms with Gasteiger partial charge in [0.2, 0.25) is 0 Å². The molecule has 118 valence electrons. The van der Waals surface area contributed by atoms with E-state index in [1.165, 1.54) is 12.8 Å². The van der Waals surface area contributed by atoms with Gasteiger partial charge in [-0.25, -0.2) is 0 Å². The zero-order valence-electron chi connectivity index (χ0n) is 13.6. The van der Waals surface area contributed by atoms with Crippen LogP contribution in [0.5, 0.6) is 5.75 Å². The Morgan fingerprint density at radius 1 is 1.38 bits per heavy atom. The third-order valence-electron chi connectivity index (χ3n) is 4.68. The molecule has 0 spiro atoms. The van der Waals surface area contributed by atoms with Crippen molar-refractivity contribution < 1.29 is 9.47 Å². The molecule has 3 atom stereocenters. The first kappa shape index (κ1) is 16.3. The summed E-state index contributed by atoms with van der Waals surface area (Å²) in [5.74, 6) is 1.56. The molecule has 0 heterocycles. The van der Waals surface area contributed by atoms with Crippen molar-refractivity contribution in [3.63, 3.8) is 0 Å². The van der Waals surface area contributed by atoms with Crippen molar-refractivity contribution in [2.24, 2.45) is 11.7 Å². The van der Waals surface area contributed by atoms with Crippen LogP contribution in [0.3, 0.4) is 0 Å². The first-order valence-electron chi connectivity index (χ1n) is 8.15. The first-order chi connectivity index (χ1) is 10.1. The molecular formula is C18H29NO2.